The highest BCUT2D eigenvalue weighted by molar-refractivity contribution is 7.98. The van der Waals surface area contributed by atoms with Gasteiger partial charge < -0.3 is 5.32 Å². The summed E-state index contributed by atoms with van der Waals surface area (Å²) in [5.41, 5.74) is 1.35. The maximum Gasteiger partial charge on any atom is 0.0671 e. The first-order valence-corrected chi connectivity index (χ1v) is 8.50. The molecule has 1 aromatic heterocycles. The highest BCUT2D eigenvalue weighted by Crippen LogP contribution is 2.25. The van der Waals surface area contributed by atoms with E-state index in [2.05, 4.69) is 59.4 Å². The molecule has 1 unspecified atom stereocenters. The Bertz CT molecular complexity index is 425. The molecule has 3 heteroatoms. The quantitative estimate of drug-likeness (QED) is 0.762. The first-order chi connectivity index (χ1) is 8.92. The van der Waals surface area contributed by atoms with Gasteiger partial charge >= 0.3 is 0 Å². The van der Waals surface area contributed by atoms with Crippen LogP contribution in [0.2, 0.25) is 0 Å². The molecule has 1 heterocycles. The number of nitrogens with one attached hydrogen (secondary N) is 1. The van der Waals surface area contributed by atoms with Crippen molar-refractivity contribution in [1.29, 1.82) is 0 Å². The predicted molar refractivity (Wildman–Crippen MR) is 83.6 cm³/mol. The van der Waals surface area contributed by atoms with E-state index in [1.54, 1.807) is 0 Å². The maximum atomic E-state index is 3.67. The standard InChI is InChI=1S/C15H19NS2/c1-17-11-6-10-16-15(14-9-5-12-18-14)13-7-3-2-4-8-13/h2-5,7-9,12,15-16H,6,10-11H2,1H3. The van der Waals surface area contributed by atoms with Crippen molar-refractivity contribution in [3.8, 4) is 0 Å². The zero-order valence-corrected chi connectivity index (χ0v) is 12.3. The van der Waals surface area contributed by atoms with Crippen LogP contribution in [0.25, 0.3) is 0 Å². The monoisotopic (exact) mass is 277 g/mol. The molecule has 0 spiro atoms. The molecule has 0 saturated heterocycles. The third kappa shape index (κ3) is 3.87. The van der Waals surface area contributed by atoms with Crippen LogP contribution in [0.3, 0.4) is 0 Å². The van der Waals surface area contributed by atoms with Crippen molar-refractivity contribution in [3.63, 3.8) is 0 Å². The van der Waals surface area contributed by atoms with Crippen LogP contribution in [-0.2, 0) is 0 Å². The van der Waals surface area contributed by atoms with Crippen LogP contribution in [0.5, 0.6) is 0 Å². The number of hydrogen-bond donors (Lipinski definition) is 1. The molecule has 96 valence electrons. The summed E-state index contributed by atoms with van der Waals surface area (Å²) in [5, 5.41) is 5.82. The van der Waals surface area contributed by atoms with Gasteiger partial charge in [0.05, 0.1) is 6.04 Å². The van der Waals surface area contributed by atoms with E-state index in [1.165, 1.54) is 22.6 Å². The average Bonchev–Trinajstić information content (AvgIpc) is 2.94. The summed E-state index contributed by atoms with van der Waals surface area (Å²) in [4.78, 5) is 1.39. The van der Waals surface area contributed by atoms with E-state index in [0.717, 1.165) is 6.54 Å². The second-order valence-electron chi connectivity index (χ2n) is 4.16. The summed E-state index contributed by atoms with van der Waals surface area (Å²) in [6.45, 7) is 1.07. The summed E-state index contributed by atoms with van der Waals surface area (Å²) >= 11 is 3.73. The Morgan fingerprint density at radius 2 is 2.00 bits per heavy atom. The molecule has 0 aliphatic carbocycles. The molecule has 1 aromatic carbocycles. The third-order valence-corrected chi connectivity index (χ3v) is 4.47. The van der Waals surface area contributed by atoms with E-state index in [9.17, 15) is 0 Å². The largest absolute Gasteiger partial charge is 0.306 e. The molecule has 18 heavy (non-hydrogen) atoms. The fraction of sp³-hybridized carbons (Fsp3) is 0.333. The van der Waals surface area contributed by atoms with Gasteiger partial charge in [-0.05, 0) is 42.0 Å². The molecule has 0 radical (unpaired) electrons. The number of benzene rings is 1. The highest BCUT2D eigenvalue weighted by Gasteiger charge is 2.13. The minimum atomic E-state index is 0.341. The molecule has 1 nitrogen and oxygen atoms in total. The van der Waals surface area contributed by atoms with E-state index < -0.39 is 0 Å². The molecule has 0 aliphatic heterocycles. The van der Waals surface area contributed by atoms with Crippen LogP contribution >= 0.6 is 23.1 Å². The lowest BCUT2D eigenvalue weighted by Crippen LogP contribution is -2.23. The summed E-state index contributed by atoms with van der Waals surface area (Å²) in [6, 6.07) is 15.4. The normalized spacial score (nSPS) is 12.5. The fourth-order valence-corrected chi connectivity index (χ4v) is 3.21. The van der Waals surface area contributed by atoms with E-state index in [4.69, 9.17) is 0 Å². The van der Waals surface area contributed by atoms with Crippen molar-refractivity contribution in [2.45, 2.75) is 12.5 Å². The van der Waals surface area contributed by atoms with Crippen LogP contribution in [0.15, 0.2) is 47.8 Å². The first kappa shape index (κ1) is 13.7. The van der Waals surface area contributed by atoms with Crippen molar-refractivity contribution < 1.29 is 0 Å². The molecule has 2 rings (SSSR count). The number of thioether (sulfide) groups is 1. The number of thiophene rings is 1. The fourth-order valence-electron chi connectivity index (χ4n) is 1.95. The van der Waals surface area contributed by atoms with Gasteiger partial charge in [-0.25, -0.2) is 0 Å². The maximum absolute atomic E-state index is 3.67. The minimum absolute atomic E-state index is 0.341. The van der Waals surface area contributed by atoms with Gasteiger partial charge in [0, 0.05) is 4.88 Å². The Morgan fingerprint density at radius 3 is 2.67 bits per heavy atom. The van der Waals surface area contributed by atoms with E-state index in [0.29, 0.717) is 6.04 Å². The minimum Gasteiger partial charge on any atom is -0.306 e. The Morgan fingerprint density at radius 1 is 1.17 bits per heavy atom. The van der Waals surface area contributed by atoms with Crippen LogP contribution < -0.4 is 5.32 Å². The molecule has 0 aliphatic rings. The van der Waals surface area contributed by atoms with Gasteiger partial charge in [-0.2, -0.15) is 11.8 Å². The predicted octanol–water partition coefficient (Wildman–Crippen LogP) is 4.18. The smallest absolute Gasteiger partial charge is 0.0671 e. The SMILES string of the molecule is CSCCCNC(c1ccccc1)c1cccs1. The lowest BCUT2D eigenvalue weighted by atomic mass is 10.1. The second kappa shape index (κ2) is 7.62. The van der Waals surface area contributed by atoms with Gasteiger partial charge in [-0.1, -0.05) is 36.4 Å². The topological polar surface area (TPSA) is 12.0 Å². The Kier molecular flexibility index (Phi) is 5.78. The van der Waals surface area contributed by atoms with Gasteiger partial charge in [0.15, 0.2) is 0 Å². The number of hydrogen-bond acceptors (Lipinski definition) is 3. The Labute approximate surface area is 118 Å². The van der Waals surface area contributed by atoms with Crippen LogP contribution in [0.4, 0.5) is 0 Å². The summed E-state index contributed by atoms with van der Waals surface area (Å²) < 4.78 is 0. The summed E-state index contributed by atoms with van der Waals surface area (Å²) in [5.74, 6) is 1.22. The highest BCUT2D eigenvalue weighted by atomic mass is 32.2. The molecular weight excluding hydrogens is 258 g/mol. The van der Waals surface area contributed by atoms with Crippen molar-refractivity contribution in [1.82, 2.24) is 5.32 Å². The van der Waals surface area contributed by atoms with Crippen LogP contribution in [0.1, 0.15) is 22.9 Å². The molecule has 0 amide bonds. The van der Waals surface area contributed by atoms with Crippen LogP contribution in [-0.4, -0.2) is 18.6 Å². The Hall–Kier alpha value is -0.770. The first-order valence-electron chi connectivity index (χ1n) is 6.22. The van der Waals surface area contributed by atoms with Crippen LogP contribution in [0, 0.1) is 0 Å². The molecule has 2 aromatic rings. The Balaban J connectivity index is 2.05. The lowest BCUT2D eigenvalue weighted by molar-refractivity contribution is 0.608. The zero-order chi connectivity index (χ0) is 12.6. The molecule has 1 N–H and O–H groups in total. The van der Waals surface area contributed by atoms with Crippen molar-refractivity contribution in [3.05, 3.63) is 58.3 Å². The van der Waals surface area contributed by atoms with E-state index >= 15 is 0 Å². The summed E-state index contributed by atoms with van der Waals surface area (Å²) in [6.07, 6.45) is 3.38. The second-order valence-corrected chi connectivity index (χ2v) is 6.12. The lowest BCUT2D eigenvalue weighted by Gasteiger charge is -2.18. The summed E-state index contributed by atoms with van der Waals surface area (Å²) in [7, 11) is 0. The molecule has 1 atom stereocenters. The van der Waals surface area contributed by atoms with Crippen molar-refractivity contribution >= 4 is 23.1 Å². The van der Waals surface area contributed by atoms with Crippen molar-refractivity contribution in [2.75, 3.05) is 18.6 Å². The van der Waals surface area contributed by atoms with Gasteiger partial charge in [0.1, 0.15) is 0 Å². The molecule has 0 bridgehead atoms. The third-order valence-electron chi connectivity index (χ3n) is 2.83. The van der Waals surface area contributed by atoms with E-state index in [-0.39, 0.29) is 0 Å². The average molecular weight is 277 g/mol. The zero-order valence-electron chi connectivity index (χ0n) is 10.6. The molecular formula is C15H19NS2. The molecule has 0 fully saturated rings. The van der Waals surface area contributed by atoms with Gasteiger partial charge in [0.2, 0.25) is 0 Å². The number of rotatable bonds is 7. The van der Waals surface area contributed by atoms with Gasteiger partial charge in [-0.3, -0.25) is 0 Å². The molecule has 0 saturated carbocycles. The van der Waals surface area contributed by atoms with Gasteiger partial charge in [-0.15, -0.1) is 11.3 Å². The van der Waals surface area contributed by atoms with Crippen molar-refractivity contribution in [2.24, 2.45) is 0 Å². The van der Waals surface area contributed by atoms with E-state index in [1.807, 2.05) is 23.1 Å². The van der Waals surface area contributed by atoms with Gasteiger partial charge in [0.25, 0.3) is 0 Å².